The Morgan fingerprint density at radius 1 is 1.59 bits per heavy atom. The second-order valence-corrected chi connectivity index (χ2v) is 3.23. The molecule has 5 nitrogen and oxygen atoms in total. The molecular weight excluding hydrogens is 239 g/mol. The molecule has 0 spiro atoms. The van der Waals surface area contributed by atoms with Crippen LogP contribution in [-0.4, -0.2) is 28.6 Å². The van der Waals surface area contributed by atoms with Crippen molar-refractivity contribution in [2.75, 3.05) is 11.9 Å². The van der Waals surface area contributed by atoms with Crippen LogP contribution in [0.15, 0.2) is 18.3 Å². The monoisotopic (exact) mass is 249 g/mol. The van der Waals surface area contributed by atoms with E-state index in [0.717, 1.165) is 18.3 Å². The van der Waals surface area contributed by atoms with Gasteiger partial charge in [0.25, 0.3) is 0 Å². The minimum Gasteiger partial charge on any atom is -0.381 e. The lowest BCUT2D eigenvalue weighted by Gasteiger charge is -2.11. The summed E-state index contributed by atoms with van der Waals surface area (Å²) in [4.78, 5) is 14.1. The molecule has 0 saturated heterocycles. The molecule has 0 aliphatic heterocycles. The van der Waals surface area contributed by atoms with Gasteiger partial charge in [0.05, 0.1) is 12.1 Å². The Bertz CT molecular complexity index is 409. The van der Waals surface area contributed by atoms with Crippen molar-refractivity contribution < 1.29 is 23.1 Å². The zero-order valence-corrected chi connectivity index (χ0v) is 8.53. The highest BCUT2D eigenvalue weighted by Gasteiger charge is 2.30. The molecule has 0 saturated carbocycles. The van der Waals surface area contributed by atoms with Gasteiger partial charge in [0.1, 0.15) is 11.9 Å². The molecule has 1 aromatic rings. The van der Waals surface area contributed by atoms with Crippen molar-refractivity contribution in [3.05, 3.63) is 23.9 Å². The van der Waals surface area contributed by atoms with Crippen LogP contribution in [0.4, 0.5) is 19.0 Å². The topological polar surface area (TPSA) is 88.2 Å². The molecule has 1 aromatic heterocycles. The third-order valence-electron chi connectivity index (χ3n) is 1.89. The fraction of sp³-hybridized carbons (Fsp3) is 0.333. The van der Waals surface area contributed by atoms with Crippen molar-refractivity contribution in [1.82, 2.24) is 4.98 Å². The molecule has 0 radical (unpaired) electrons. The largest absolute Gasteiger partial charge is 0.416 e. The molecule has 0 aliphatic carbocycles. The number of primary amides is 1. The van der Waals surface area contributed by atoms with E-state index in [-0.39, 0.29) is 12.4 Å². The highest BCUT2D eigenvalue weighted by atomic mass is 19.4. The summed E-state index contributed by atoms with van der Waals surface area (Å²) in [5.41, 5.74) is 3.90. The maximum Gasteiger partial charge on any atom is 0.416 e. The average molecular weight is 249 g/mol. The number of hydrogen-bond donors (Lipinski definition) is 3. The number of aliphatic hydroxyl groups is 1. The van der Waals surface area contributed by atoms with Crippen molar-refractivity contribution in [2.45, 2.75) is 12.3 Å². The third-order valence-corrected chi connectivity index (χ3v) is 1.89. The lowest BCUT2D eigenvalue weighted by atomic mass is 10.2. The number of nitrogens with two attached hydrogens (primary N) is 1. The number of pyridine rings is 1. The van der Waals surface area contributed by atoms with Gasteiger partial charge in [-0.25, -0.2) is 4.98 Å². The van der Waals surface area contributed by atoms with Gasteiger partial charge in [-0.3, -0.25) is 4.79 Å². The van der Waals surface area contributed by atoms with Crippen LogP contribution in [0.2, 0.25) is 0 Å². The van der Waals surface area contributed by atoms with E-state index in [1.807, 2.05) is 0 Å². The van der Waals surface area contributed by atoms with Crippen molar-refractivity contribution >= 4 is 11.7 Å². The highest BCUT2D eigenvalue weighted by Crippen LogP contribution is 2.29. The van der Waals surface area contributed by atoms with E-state index in [4.69, 9.17) is 10.8 Å². The molecule has 0 fully saturated rings. The fourth-order valence-electron chi connectivity index (χ4n) is 1.01. The van der Waals surface area contributed by atoms with Gasteiger partial charge in [-0.2, -0.15) is 13.2 Å². The third kappa shape index (κ3) is 3.91. The molecule has 1 heterocycles. The minimum absolute atomic E-state index is 0.0971. The number of nitrogens with one attached hydrogen (secondary N) is 1. The molecule has 17 heavy (non-hydrogen) atoms. The molecule has 1 atom stereocenters. The zero-order chi connectivity index (χ0) is 13.1. The van der Waals surface area contributed by atoms with Crippen molar-refractivity contribution in [3.63, 3.8) is 0 Å². The fourth-order valence-corrected chi connectivity index (χ4v) is 1.01. The molecule has 1 unspecified atom stereocenters. The first-order valence-electron chi connectivity index (χ1n) is 4.55. The summed E-state index contributed by atoms with van der Waals surface area (Å²) in [6, 6.07) is 1.59. The summed E-state index contributed by atoms with van der Waals surface area (Å²) < 4.78 is 36.9. The Balaban J connectivity index is 2.70. The molecule has 4 N–H and O–H groups in total. The Morgan fingerprint density at radius 2 is 2.24 bits per heavy atom. The smallest absolute Gasteiger partial charge is 0.381 e. The molecular formula is C9H10F3N3O2. The summed E-state index contributed by atoms with van der Waals surface area (Å²) >= 11 is 0. The number of alkyl halides is 3. The first-order chi connectivity index (χ1) is 7.80. The van der Waals surface area contributed by atoms with Crippen LogP contribution in [0, 0.1) is 0 Å². The number of halogens is 3. The van der Waals surface area contributed by atoms with Crippen LogP contribution in [0.5, 0.6) is 0 Å². The van der Waals surface area contributed by atoms with E-state index in [1.54, 1.807) is 0 Å². The Hall–Kier alpha value is -1.83. The van der Waals surface area contributed by atoms with Crippen LogP contribution in [0.3, 0.4) is 0 Å². The predicted molar refractivity (Wildman–Crippen MR) is 52.9 cm³/mol. The second-order valence-electron chi connectivity index (χ2n) is 3.23. The lowest BCUT2D eigenvalue weighted by molar-refractivity contribution is -0.137. The molecule has 1 amide bonds. The number of aliphatic hydroxyl groups excluding tert-OH is 1. The molecule has 0 bridgehead atoms. The molecule has 1 rings (SSSR count). The van der Waals surface area contributed by atoms with Crippen LogP contribution in [0.25, 0.3) is 0 Å². The molecule has 0 aliphatic rings. The van der Waals surface area contributed by atoms with E-state index < -0.39 is 23.8 Å². The average Bonchev–Trinajstić information content (AvgIpc) is 2.25. The second kappa shape index (κ2) is 5.00. The normalized spacial score (nSPS) is 13.2. The van der Waals surface area contributed by atoms with Gasteiger partial charge >= 0.3 is 6.18 Å². The summed E-state index contributed by atoms with van der Waals surface area (Å²) in [6.07, 6.45) is -4.98. The number of aromatic nitrogens is 1. The zero-order valence-electron chi connectivity index (χ0n) is 8.53. The van der Waals surface area contributed by atoms with E-state index in [1.165, 1.54) is 0 Å². The van der Waals surface area contributed by atoms with Gasteiger partial charge in [-0.05, 0) is 12.1 Å². The Morgan fingerprint density at radius 3 is 2.76 bits per heavy atom. The van der Waals surface area contributed by atoms with Crippen molar-refractivity contribution in [3.8, 4) is 0 Å². The summed E-state index contributed by atoms with van der Waals surface area (Å²) in [5.74, 6) is -1.07. The van der Waals surface area contributed by atoms with Gasteiger partial charge < -0.3 is 16.2 Å². The van der Waals surface area contributed by atoms with Crippen LogP contribution in [0.1, 0.15) is 5.56 Å². The summed E-state index contributed by atoms with van der Waals surface area (Å²) in [6.45, 7) is -0.302. The van der Waals surface area contributed by atoms with E-state index in [2.05, 4.69) is 10.3 Å². The number of hydrogen-bond acceptors (Lipinski definition) is 4. The van der Waals surface area contributed by atoms with E-state index >= 15 is 0 Å². The van der Waals surface area contributed by atoms with Crippen LogP contribution in [-0.2, 0) is 11.0 Å². The van der Waals surface area contributed by atoms with Crippen molar-refractivity contribution in [2.24, 2.45) is 5.73 Å². The van der Waals surface area contributed by atoms with Crippen LogP contribution >= 0.6 is 0 Å². The van der Waals surface area contributed by atoms with Crippen LogP contribution < -0.4 is 11.1 Å². The Kier molecular flexibility index (Phi) is 3.89. The summed E-state index contributed by atoms with van der Waals surface area (Å²) in [5, 5.41) is 11.4. The standard InChI is InChI=1S/C9H10F3N3O2/c10-9(11,12)5-1-2-14-7(3-5)15-4-6(16)8(13)17/h1-3,6,16H,4H2,(H2,13,17)(H,14,15). The number of amides is 1. The van der Waals surface area contributed by atoms with Gasteiger partial charge in [-0.1, -0.05) is 0 Å². The quantitative estimate of drug-likeness (QED) is 0.718. The van der Waals surface area contributed by atoms with Gasteiger partial charge in [0.2, 0.25) is 5.91 Å². The first kappa shape index (κ1) is 13.2. The van der Waals surface area contributed by atoms with Gasteiger partial charge in [0.15, 0.2) is 0 Å². The number of carbonyl (C=O) groups is 1. The van der Waals surface area contributed by atoms with E-state index in [0.29, 0.717) is 0 Å². The first-order valence-corrected chi connectivity index (χ1v) is 4.55. The maximum absolute atomic E-state index is 12.3. The summed E-state index contributed by atoms with van der Waals surface area (Å²) in [7, 11) is 0. The molecule has 8 heteroatoms. The number of anilines is 1. The molecule has 94 valence electrons. The predicted octanol–water partition coefficient (Wildman–Crippen LogP) is 0.358. The Labute approximate surface area is 94.5 Å². The van der Waals surface area contributed by atoms with Gasteiger partial charge in [-0.15, -0.1) is 0 Å². The number of carbonyl (C=O) groups excluding carboxylic acids is 1. The maximum atomic E-state index is 12.3. The minimum atomic E-state index is -4.47. The van der Waals surface area contributed by atoms with Gasteiger partial charge in [0, 0.05) is 6.20 Å². The number of rotatable bonds is 4. The van der Waals surface area contributed by atoms with Crippen molar-refractivity contribution in [1.29, 1.82) is 0 Å². The van der Waals surface area contributed by atoms with E-state index in [9.17, 15) is 18.0 Å². The lowest BCUT2D eigenvalue weighted by Crippen LogP contribution is -2.34. The SMILES string of the molecule is NC(=O)C(O)CNc1cc(C(F)(F)F)ccn1. The number of nitrogens with zero attached hydrogens (tertiary/aromatic N) is 1. The highest BCUT2D eigenvalue weighted by molar-refractivity contribution is 5.79. The molecule has 0 aromatic carbocycles.